The summed E-state index contributed by atoms with van der Waals surface area (Å²) in [5.74, 6) is 0.692. The fraction of sp³-hybridized carbons (Fsp3) is 0.250. The highest BCUT2D eigenvalue weighted by Gasteiger charge is 2.06. The van der Waals surface area contributed by atoms with Gasteiger partial charge in [-0.25, -0.2) is 0 Å². The van der Waals surface area contributed by atoms with Crippen LogP contribution >= 0.6 is 0 Å². The van der Waals surface area contributed by atoms with E-state index in [1.807, 2.05) is 32.0 Å². The van der Waals surface area contributed by atoms with Crippen LogP contribution in [0.1, 0.15) is 28.4 Å². The van der Waals surface area contributed by atoms with Crippen molar-refractivity contribution in [2.75, 3.05) is 7.11 Å². The van der Waals surface area contributed by atoms with E-state index in [9.17, 15) is 4.79 Å². The molecule has 1 heterocycles. The van der Waals surface area contributed by atoms with E-state index in [-0.39, 0.29) is 5.78 Å². The van der Waals surface area contributed by atoms with E-state index in [0.717, 1.165) is 23.4 Å². The maximum atomic E-state index is 12.1. The molecule has 0 unspecified atom stereocenters. The Hall–Kier alpha value is -2.36. The summed E-state index contributed by atoms with van der Waals surface area (Å²) in [4.78, 5) is 12.1. The molecule has 1 aromatic heterocycles. The number of benzene rings is 1. The van der Waals surface area contributed by atoms with Crippen molar-refractivity contribution in [2.45, 2.75) is 20.4 Å². The van der Waals surface area contributed by atoms with Crippen LogP contribution in [-0.4, -0.2) is 22.7 Å². The number of ether oxygens (including phenoxy) is 1. The number of rotatable bonds is 5. The number of methoxy groups -OCH3 is 1. The normalized spacial score (nSPS) is 10.9. The number of ketones is 1. The summed E-state index contributed by atoms with van der Waals surface area (Å²) in [6, 6.07) is 5.86. The third-order valence-electron chi connectivity index (χ3n) is 3.04. The maximum absolute atomic E-state index is 12.1. The molecule has 0 aliphatic heterocycles. The average molecular weight is 270 g/mol. The van der Waals surface area contributed by atoms with Gasteiger partial charge >= 0.3 is 0 Å². The molecule has 0 bridgehead atoms. The standard InChI is InChI=1S/C16H18N2O2/c1-4-18-11-14(10-17-18)15(19)7-6-13-9-12(2)5-8-16(13)20-3/h5-11H,4H2,1-3H3/b7-6+. The van der Waals surface area contributed by atoms with Crippen molar-refractivity contribution in [3.05, 3.63) is 53.4 Å². The van der Waals surface area contributed by atoms with Gasteiger partial charge in [-0.15, -0.1) is 0 Å². The van der Waals surface area contributed by atoms with E-state index >= 15 is 0 Å². The first kappa shape index (κ1) is 14.1. The van der Waals surface area contributed by atoms with Crippen LogP contribution in [0.15, 0.2) is 36.7 Å². The minimum absolute atomic E-state index is 0.0618. The van der Waals surface area contributed by atoms with Crippen LogP contribution in [0.25, 0.3) is 6.08 Å². The summed E-state index contributed by atoms with van der Waals surface area (Å²) in [6.45, 7) is 4.74. The first-order chi connectivity index (χ1) is 9.63. The van der Waals surface area contributed by atoms with Crippen molar-refractivity contribution >= 4 is 11.9 Å². The summed E-state index contributed by atoms with van der Waals surface area (Å²) in [6.07, 6.45) is 6.66. The molecule has 0 amide bonds. The van der Waals surface area contributed by atoms with Crippen molar-refractivity contribution in [1.82, 2.24) is 9.78 Å². The van der Waals surface area contributed by atoms with Crippen LogP contribution in [0.3, 0.4) is 0 Å². The Kier molecular flexibility index (Phi) is 4.35. The Bertz CT molecular complexity index is 642. The van der Waals surface area contributed by atoms with Crippen LogP contribution in [0.4, 0.5) is 0 Å². The molecule has 1 aromatic carbocycles. The van der Waals surface area contributed by atoms with E-state index in [2.05, 4.69) is 5.10 Å². The topological polar surface area (TPSA) is 44.1 Å². The number of aromatic nitrogens is 2. The lowest BCUT2D eigenvalue weighted by molar-refractivity contribution is 0.104. The van der Waals surface area contributed by atoms with Crippen molar-refractivity contribution in [3.63, 3.8) is 0 Å². The lowest BCUT2D eigenvalue weighted by atomic mass is 10.1. The Balaban J connectivity index is 2.20. The number of allylic oxidation sites excluding steroid dienone is 1. The number of nitrogens with zero attached hydrogens (tertiary/aromatic N) is 2. The van der Waals surface area contributed by atoms with E-state index in [0.29, 0.717) is 5.56 Å². The van der Waals surface area contributed by atoms with Gasteiger partial charge < -0.3 is 4.74 Å². The first-order valence-corrected chi connectivity index (χ1v) is 6.53. The Morgan fingerprint density at radius 3 is 2.90 bits per heavy atom. The molecule has 2 aromatic rings. The van der Waals surface area contributed by atoms with Gasteiger partial charge in [0.2, 0.25) is 0 Å². The molecule has 0 saturated heterocycles. The van der Waals surface area contributed by atoms with Crippen LogP contribution in [0, 0.1) is 6.92 Å². The van der Waals surface area contributed by atoms with Gasteiger partial charge in [-0.3, -0.25) is 9.48 Å². The summed E-state index contributed by atoms with van der Waals surface area (Å²) < 4.78 is 7.01. The lowest BCUT2D eigenvalue weighted by Crippen LogP contribution is -1.95. The summed E-state index contributed by atoms with van der Waals surface area (Å²) in [5.41, 5.74) is 2.61. The number of hydrogen-bond acceptors (Lipinski definition) is 3. The maximum Gasteiger partial charge on any atom is 0.189 e. The van der Waals surface area contributed by atoms with Gasteiger partial charge in [0.1, 0.15) is 5.75 Å². The summed E-state index contributed by atoms with van der Waals surface area (Å²) >= 11 is 0. The van der Waals surface area contributed by atoms with Gasteiger partial charge in [-0.2, -0.15) is 5.10 Å². The molecule has 2 rings (SSSR count). The van der Waals surface area contributed by atoms with E-state index < -0.39 is 0 Å². The predicted octanol–water partition coefficient (Wildman–Crippen LogP) is 3.12. The molecule has 20 heavy (non-hydrogen) atoms. The second-order valence-electron chi connectivity index (χ2n) is 4.53. The van der Waals surface area contributed by atoms with Crippen molar-refractivity contribution in [1.29, 1.82) is 0 Å². The predicted molar refractivity (Wildman–Crippen MR) is 79.0 cm³/mol. The molecule has 0 fully saturated rings. The average Bonchev–Trinajstić information content (AvgIpc) is 2.94. The molecule has 4 nitrogen and oxygen atoms in total. The molecular formula is C16H18N2O2. The Labute approximate surface area is 118 Å². The molecule has 0 saturated carbocycles. The molecule has 0 spiro atoms. The smallest absolute Gasteiger partial charge is 0.189 e. The molecule has 0 aliphatic rings. The third-order valence-corrected chi connectivity index (χ3v) is 3.04. The SMILES string of the molecule is CCn1cc(C(=O)/C=C/c2cc(C)ccc2OC)cn1. The highest BCUT2D eigenvalue weighted by molar-refractivity contribution is 6.06. The van der Waals surface area contributed by atoms with E-state index in [4.69, 9.17) is 4.74 Å². The largest absolute Gasteiger partial charge is 0.496 e. The minimum Gasteiger partial charge on any atom is -0.496 e. The first-order valence-electron chi connectivity index (χ1n) is 6.53. The van der Waals surface area contributed by atoms with Gasteiger partial charge in [0.25, 0.3) is 0 Å². The fourth-order valence-corrected chi connectivity index (χ4v) is 1.91. The fourth-order valence-electron chi connectivity index (χ4n) is 1.91. The minimum atomic E-state index is -0.0618. The van der Waals surface area contributed by atoms with Gasteiger partial charge in [0.15, 0.2) is 5.78 Å². The van der Waals surface area contributed by atoms with Crippen molar-refractivity contribution in [3.8, 4) is 5.75 Å². The number of carbonyl (C=O) groups is 1. The van der Waals surface area contributed by atoms with Gasteiger partial charge in [0.05, 0.1) is 18.9 Å². The number of aryl methyl sites for hydroxylation is 2. The molecule has 104 valence electrons. The summed E-state index contributed by atoms with van der Waals surface area (Å²) in [7, 11) is 1.62. The number of carbonyl (C=O) groups excluding carboxylic acids is 1. The highest BCUT2D eigenvalue weighted by Crippen LogP contribution is 2.21. The third kappa shape index (κ3) is 3.15. The zero-order valence-corrected chi connectivity index (χ0v) is 12.0. The van der Waals surface area contributed by atoms with Crippen molar-refractivity contribution < 1.29 is 9.53 Å². The zero-order chi connectivity index (χ0) is 14.5. The van der Waals surface area contributed by atoms with Gasteiger partial charge in [-0.05, 0) is 38.1 Å². The molecule has 0 radical (unpaired) electrons. The van der Waals surface area contributed by atoms with Crippen LogP contribution in [0.2, 0.25) is 0 Å². The number of hydrogen-bond donors (Lipinski definition) is 0. The monoisotopic (exact) mass is 270 g/mol. The second-order valence-corrected chi connectivity index (χ2v) is 4.53. The summed E-state index contributed by atoms with van der Waals surface area (Å²) in [5, 5.41) is 4.10. The van der Waals surface area contributed by atoms with Gasteiger partial charge in [-0.1, -0.05) is 11.6 Å². The van der Waals surface area contributed by atoms with E-state index in [1.165, 1.54) is 0 Å². The van der Waals surface area contributed by atoms with E-state index in [1.54, 1.807) is 36.3 Å². The lowest BCUT2D eigenvalue weighted by Gasteiger charge is -2.05. The molecule has 0 N–H and O–H groups in total. The molecule has 0 atom stereocenters. The molecular weight excluding hydrogens is 252 g/mol. The quantitative estimate of drug-likeness (QED) is 0.619. The second kappa shape index (κ2) is 6.19. The van der Waals surface area contributed by atoms with Crippen molar-refractivity contribution in [2.24, 2.45) is 0 Å². The van der Waals surface area contributed by atoms with Gasteiger partial charge in [0, 0.05) is 18.3 Å². The van der Waals surface area contributed by atoms with Crippen LogP contribution < -0.4 is 4.74 Å². The molecule has 0 aliphatic carbocycles. The molecule has 4 heteroatoms. The Morgan fingerprint density at radius 2 is 2.25 bits per heavy atom. The highest BCUT2D eigenvalue weighted by atomic mass is 16.5. The van der Waals surface area contributed by atoms with Crippen LogP contribution in [-0.2, 0) is 6.54 Å². The Morgan fingerprint density at radius 1 is 1.45 bits per heavy atom. The zero-order valence-electron chi connectivity index (χ0n) is 12.0. The van der Waals surface area contributed by atoms with Crippen LogP contribution in [0.5, 0.6) is 5.75 Å².